The third kappa shape index (κ3) is 1.27. The first-order valence-corrected chi connectivity index (χ1v) is 6.67. The van der Waals surface area contributed by atoms with Crippen molar-refractivity contribution in [1.82, 2.24) is 13.9 Å². The summed E-state index contributed by atoms with van der Waals surface area (Å²) in [6.07, 6.45) is 1.42. The Balaban J connectivity index is 2.23. The second-order valence-electron chi connectivity index (χ2n) is 4.66. The molecule has 94 valence electrons. The molecule has 0 aromatic carbocycles. The van der Waals surface area contributed by atoms with Crippen molar-refractivity contribution in [2.45, 2.75) is 49.1 Å². The highest BCUT2D eigenvalue weighted by Gasteiger charge is 2.53. The highest BCUT2D eigenvalue weighted by molar-refractivity contribution is 6.25. The second kappa shape index (κ2) is 3.65. The molecule has 0 radical (unpaired) electrons. The van der Waals surface area contributed by atoms with Crippen molar-refractivity contribution >= 4 is 23.2 Å². The summed E-state index contributed by atoms with van der Waals surface area (Å²) in [5.74, 6) is 0. The largest absolute Gasteiger partial charge is 0.347 e. The number of hydrogen-bond donors (Lipinski definition) is 0. The molecule has 0 amide bonds. The van der Waals surface area contributed by atoms with Crippen LogP contribution in [-0.2, 0) is 6.54 Å². The van der Waals surface area contributed by atoms with E-state index in [2.05, 4.69) is 0 Å². The molecule has 0 spiro atoms. The Labute approximate surface area is 108 Å². The Bertz CT molecular complexity index is 573. The van der Waals surface area contributed by atoms with E-state index in [-0.39, 0.29) is 34.2 Å². The van der Waals surface area contributed by atoms with Crippen molar-refractivity contribution in [3.8, 4) is 0 Å². The fourth-order valence-corrected chi connectivity index (χ4v) is 3.96. The number of halogens is 2. The standard InChI is InChI=1S/C10H13Cl2N3O2/c1-2-3-13-9(16)14-6-4-5(11)8(7(6)12)15(14)10(13)17/h5-8H,2-4H2,1H3/t5-,6-,7?,8+/m1/s1. The van der Waals surface area contributed by atoms with Crippen LogP contribution in [0.1, 0.15) is 31.8 Å². The van der Waals surface area contributed by atoms with Gasteiger partial charge >= 0.3 is 11.4 Å². The maximum Gasteiger partial charge on any atom is 0.347 e. The summed E-state index contributed by atoms with van der Waals surface area (Å²) < 4.78 is 4.23. The summed E-state index contributed by atoms with van der Waals surface area (Å²) in [6.45, 7) is 2.38. The number of hydrogen-bond acceptors (Lipinski definition) is 2. The summed E-state index contributed by atoms with van der Waals surface area (Å²) >= 11 is 12.4. The van der Waals surface area contributed by atoms with Gasteiger partial charge < -0.3 is 0 Å². The minimum Gasteiger partial charge on any atom is -0.246 e. The van der Waals surface area contributed by atoms with E-state index in [1.165, 1.54) is 13.9 Å². The number of fused-ring (bicyclic) bond motifs is 5. The second-order valence-corrected chi connectivity index (χ2v) is 5.72. The molecule has 0 N–H and O–H groups in total. The molecule has 1 aromatic heterocycles. The average Bonchev–Trinajstić information content (AvgIpc) is 2.81. The van der Waals surface area contributed by atoms with Crippen LogP contribution in [0.25, 0.3) is 0 Å². The highest BCUT2D eigenvalue weighted by Crippen LogP contribution is 2.48. The maximum absolute atomic E-state index is 12.1. The number of rotatable bonds is 2. The topological polar surface area (TPSA) is 48.9 Å². The first-order chi connectivity index (χ1) is 8.07. The molecule has 1 fully saturated rings. The van der Waals surface area contributed by atoms with Gasteiger partial charge in [0.05, 0.1) is 22.8 Å². The third-order valence-corrected chi connectivity index (χ3v) is 4.65. The van der Waals surface area contributed by atoms with Crippen LogP contribution in [0.5, 0.6) is 0 Å². The SMILES string of the molecule is CCCn1c(=O)n2n(c1=O)[C@@H]1C(Cl)[C@H]2C[C@H]1Cl. The van der Waals surface area contributed by atoms with Gasteiger partial charge in [0.2, 0.25) is 0 Å². The van der Waals surface area contributed by atoms with Gasteiger partial charge in [-0.05, 0) is 12.8 Å². The maximum atomic E-state index is 12.1. The van der Waals surface area contributed by atoms with Crippen LogP contribution in [0.15, 0.2) is 9.59 Å². The number of nitrogens with zero attached hydrogens (tertiary/aromatic N) is 3. The normalized spacial score (nSPS) is 34.3. The smallest absolute Gasteiger partial charge is 0.246 e. The van der Waals surface area contributed by atoms with E-state index in [0.717, 1.165) is 6.42 Å². The van der Waals surface area contributed by atoms with E-state index < -0.39 is 0 Å². The quantitative estimate of drug-likeness (QED) is 0.756. The summed E-state index contributed by atoms with van der Waals surface area (Å²) in [7, 11) is 0. The monoisotopic (exact) mass is 277 g/mol. The number of alkyl halides is 2. The molecule has 1 aromatic rings. The third-order valence-electron chi connectivity index (χ3n) is 3.66. The zero-order valence-electron chi connectivity index (χ0n) is 9.34. The molecule has 1 saturated carbocycles. The van der Waals surface area contributed by atoms with E-state index in [9.17, 15) is 9.59 Å². The van der Waals surface area contributed by atoms with E-state index in [1.807, 2.05) is 6.92 Å². The van der Waals surface area contributed by atoms with Crippen LogP contribution < -0.4 is 11.4 Å². The molecule has 5 nitrogen and oxygen atoms in total. The lowest BCUT2D eigenvalue weighted by Gasteiger charge is -2.18. The Morgan fingerprint density at radius 3 is 2.53 bits per heavy atom. The minimum absolute atomic E-state index is 0.137. The van der Waals surface area contributed by atoms with Crippen LogP contribution in [0, 0.1) is 0 Å². The molecule has 7 heteroatoms. The van der Waals surface area contributed by atoms with Gasteiger partial charge in [-0.1, -0.05) is 6.92 Å². The zero-order valence-corrected chi connectivity index (χ0v) is 10.9. The Morgan fingerprint density at radius 2 is 1.88 bits per heavy atom. The predicted molar refractivity (Wildman–Crippen MR) is 65.2 cm³/mol. The summed E-state index contributed by atoms with van der Waals surface area (Å²) in [6, 6.07) is -0.385. The average molecular weight is 278 g/mol. The van der Waals surface area contributed by atoms with Crippen LogP contribution in [0.4, 0.5) is 0 Å². The van der Waals surface area contributed by atoms with Gasteiger partial charge in [0, 0.05) is 6.54 Å². The molecular weight excluding hydrogens is 265 g/mol. The Morgan fingerprint density at radius 1 is 1.24 bits per heavy atom. The minimum atomic E-state index is -0.277. The lowest BCUT2D eigenvalue weighted by atomic mass is 10.2. The van der Waals surface area contributed by atoms with E-state index >= 15 is 0 Å². The summed E-state index contributed by atoms with van der Waals surface area (Å²) in [5, 5.41) is -0.397. The van der Waals surface area contributed by atoms with E-state index in [4.69, 9.17) is 23.2 Å². The molecule has 1 aliphatic carbocycles. The molecule has 3 rings (SSSR count). The molecule has 0 saturated heterocycles. The molecular formula is C10H13Cl2N3O2. The van der Waals surface area contributed by atoms with Crippen LogP contribution in [-0.4, -0.2) is 24.7 Å². The molecule has 2 aliphatic rings. The van der Waals surface area contributed by atoms with Gasteiger partial charge in [0.1, 0.15) is 0 Å². The molecule has 1 aliphatic heterocycles. The van der Waals surface area contributed by atoms with Gasteiger partial charge in [-0.25, -0.2) is 23.5 Å². The highest BCUT2D eigenvalue weighted by atomic mass is 35.5. The van der Waals surface area contributed by atoms with Gasteiger partial charge in [-0.2, -0.15) is 0 Å². The fourth-order valence-electron chi connectivity index (χ4n) is 2.95. The van der Waals surface area contributed by atoms with Crippen LogP contribution in [0.3, 0.4) is 0 Å². The molecule has 2 bridgehead atoms. The van der Waals surface area contributed by atoms with Crippen molar-refractivity contribution < 1.29 is 0 Å². The van der Waals surface area contributed by atoms with Gasteiger partial charge in [-0.15, -0.1) is 23.2 Å². The Kier molecular flexibility index (Phi) is 2.45. The van der Waals surface area contributed by atoms with Crippen molar-refractivity contribution in [1.29, 1.82) is 0 Å². The van der Waals surface area contributed by atoms with E-state index in [1.54, 1.807) is 0 Å². The lowest BCUT2D eigenvalue weighted by molar-refractivity contribution is 0.378. The van der Waals surface area contributed by atoms with Crippen molar-refractivity contribution in [2.24, 2.45) is 0 Å². The Hall–Kier alpha value is -0.680. The summed E-state index contributed by atoms with van der Waals surface area (Å²) in [4.78, 5) is 24.3. The molecule has 17 heavy (non-hydrogen) atoms. The van der Waals surface area contributed by atoms with Crippen molar-refractivity contribution in [3.63, 3.8) is 0 Å². The number of aromatic nitrogens is 3. The van der Waals surface area contributed by atoms with Gasteiger partial charge in [0.25, 0.3) is 0 Å². The summed E-state index contributed by atoms with van der Waals surface area (Å²) in [5.41, 5.74) is -0.529. The fraction of sp³-hybridized carbons (Fsp3) is 0.800. The van der Waals surface area contributed by atoms with E-state index in [0.29, 0.717) is 13.0 Å². The van der Waals surface area contributed by atoms with Crippen molar-refractivity contribution in [3.05, 3.63) is 21.0 Å². The lowest BCUT2D eigenvalue weighted by Crippen LogP contribution is -2.33. The first-order valence-electron chi connectivity index (χ1n) is 5.80. The van der Waals surface area contributed by atoms with Crippen LogP contribution in [0.2, 0.25) is 0 Å². The van der Waals surface area contributed by atoms with Gasteiger partial charge in [0.15, 0.2) is 0 Å². The first kappa shape index (κ1) is 11.4. The molecule has 4 atom stereocenters. The molecule has 2 heterocycles. The van der Waals surface area contributed by atoms with Crippen LogP contribution >= 0.6 is 23.2 Å². The van der Waals surface area contributed by atoms with Crippen molar-refractivity contribution in [2.75, 3.05) is 0 Å². The molecule has 1 unspecified atom stereocenters. The predicted octanol–water partition coefficient (Wildman–Crippen LogP) is 0.936. The zero-order chi connectivity index (χ0) is 12.3. The van der Waals surface area contributed by atoms with Gasteiger partial charge in [-0.3, -0.25) is 0 Å².